The van der Waals surface area contributed by atoms with Crippen LogP contribution in [-0.4, -0.2) is 47.2 Å². The second kappa shape index (κ2) is 11.0. The van der Waals surface area contributed by atoms with Crippen LogP contribution in [0.25, 0.3) is 0 Å². The highest BCUT2D eigenvalue weighted by Crippen LogP contribution is 2.24. The third kappa shape index (κ3) is 6.31. The maximum Gasteiger partial charge on any atom is 0.339 e. The monoisotopic (exact) mass is 430 g/mol. The molecule has 0 fully saturated rings. The Morgan fingerprint density at radius 2 is 1.81 bits per heavy atom. The predicted octanol–water partition coefficient (Wildman–Crippen LogP) is 4.86. The van der Waals surface area contributed by atoms with E-state index in [1.807, 2.05) is 25.1 Å². The molecule has 5 nitrogen and oxygen atoms in total. The van der Waals surface area contributed by atoms with Crippen molar-refractivity contribution in [2.75, 3.05) is 29.7 Å². The van der Waals surface area contributed by atoms with E-state index in [9.17, 15) is 9.90 Å². The molecule has 0 amide bonds. The number of aromatic hydroxyl groups is 1. The predicted molar refractivity (Wildman–Crippen MR) is 114 cm³/mol. The lowest BCUT2D eigenvalue weighted by Crippen LogP contribution is -2.27. The number of alkyl halides is 2. The normalized spacial score (nSPS) is 10.6. The van der Waals surface area contributed by atoms with E-state index in [1.165, 1.54) is 12.1 Å². The lowest BCUT2D eigenvalue weighted by atomic mass is 10.1. The standard InChI is InChI=1S/C19H20Cl2N2O3.ClH/c1-13-10-16(23(8-6-20)9-7-21)4-2-14(13)12-22-15-3-5-17(19(25)26)18(24)11-15;/h2-5,10-12,24H,6-9H2,1H3,(H,25,26);1H. The lowest BCUT2D eigenvalue weighted by molar-refractivity contribution is 0.0694. The van der Waals surface area contributed by atoms with Crippen LogP contribution in [0.15, 0.2) is 41.4 Å². The van der Waals surface area contributed by atoms with E-state index in [4.69, 9.17) is 28.3 Å². The summed E-state index contributed by atoms with van der Waals surface area (Å²) in [5.74, 6) is -0.441. The van der Waals surface area contributed by atoms with E-state index in [1.54, 1.807) is 12.3 Å². The summed E-state index contributed by atoms with van der Waals surface area (Å²) in [6.07, 6.45) is 1.68. The van der Waals surface area contributed by atoms with E-state index >= 15 is 0 Å². The number of hydrogen-bond acceptors (Lipinski definition) is 4. The topological polar surface area (TPSA) is 73.1 Å². The minimum absolute atomic E-state index is 0. The summed E-state index contributed by atoms with van der Waals surface area (Å²) in [5.41, 5.74) is 3.33. The van der Waals surface area contributed by atoms with Crippen LogP contribution in [0.3, 0.4) is 0 Å². The summed E-state index contributed by atoms with van der Waals surface area (Å²) in [5, 5.41) is 18.7. The molecule has 2 aromatic carbocycles. The second-order valence-electron chi connectivity index (χ2n) is 5.67. The maximum atomic E-state index is 10.9. The summed E-state index contributed by atoms with van der Waals surface area (Å²) in [6, 6.07) is 10.2. The van der Waals surface area contributed by atoms with Gasteiger partial charge in [-0.3, -0.25) is 4.99 Å². The van der Waals surface area contributed by atoms with Gasteiger partial charge < -0.3 is 15.1 Å². The SMILES string of the molecule is Cc1cc(N(CCCl)CCCl)ccc1C=Nc1ccc(C(=O)O)c(O)c1.Cl. The molecule has 0 unspecified atom stereocenters. The van der Waals surface area contributed by atoms with Crippen molar-refractivity contribution in [3.8, 4) is 5.75 Å². The van der Waals surface area contributed by atoms with Gasteiger partial charge in [-0.05, 0) is 42.3 Å². The first kappa shape index (κ1) is 23.1. The van der Waals surface area contributed by atoms with Gasteiger partial charge in [-0.1, -0.05) is 6.07 Å². The Labute approximate surface area is 174 Å². The van der Waals surface area contributed by atoms with E-state index in [0.29, 0.717) is 17.4 Å². The molecule has 2 N–H and O–H groups in total. The fourth-order valence-electron chi connectivity index (χ4n) is 2.50. The summed E-state index contributed by atoms with van der Waals surface area (Å²) in [6.45, 7) is 3.42. The Balaban J connectivity index is 0.00000364. The fraction of sp³-hybridized carbons (Fsp3) is 0.263. The molecule has 0 aromatic heterocycles. The zero-order valence-corrected chi connectivity index (χ0v) is 17.1. The van der Waals surface area contributed by atoms with Crippen LogP contribution in [0.1, 0.15) is 21.5 Å². The van der Waals surface area contributed by atoms with Crippen LogP contribution in [-0.2, 0) is 0 Å². The Kier molecular flexibility index (Phi) is 9.43. The van der Waals surface area contributed by atoms with Crippen molar-refractivity contribution in [3.05, 3.63) is 53.1 Å². The largest absolute Gasteiger partial charge is 0.507 e. The molecule has 2 aromatic rings. The number of aryl methyl sites for hydroxylation is 1. The van der Waals surface area contributed by atoms with Gasteiger partial charge in [0.25, 0.3) is 0 Å². The number of benzene rings is 2. The Hall–Kier alpha value is -1.95. The van der Waals surface area contributed by atoms with Gasteiger partial charge in [0.2, 0.25) is 0 Å². The number of carboxylic acids is 1. The molecule has 27 heavy (non-hydrogen) atoms. The molecule has 146 valence electrons. The lowest BCUT2D eigenvalue weighted by Gasteiger charge is -2.23. The minimum Gasteiger partial charge on any atom is -0.507 e. The van der Waals surface area contributed by atoms with Crippen LogP contribution in [0.4, 0.5) is 11.4 Å². The van der Waals surface area contributed by atoms with Crippen LogP contribution >= 0.6 is 35.6 Å². The Bertz CT molecular complexity index is 807. The quantitative estimate of drug-likeness (QED) is 0.462. The van der Waals surface area contributed by atoms with Crippen molar-refractivity contribution < 1.29 is 15.0 Å². The van der Waals surface area contributed by atoms with Gasteiger partial charge >= 0.3 is 5.97 Å². The van der Waals surface area contributed by atoms with Gasteiger partial charge in [-0.15, -0.1) is 35.6 Å². The van der Waals surface area contributed by atoms with Crippen LogP contribution < -0.4 is 4.90 Å². The minimum atomic E-state index is -1.18. The number of halogens is 3. The molecular weight excluding hydrogens is 411 g/mol. The number of aliphatic imine (C=N–C) groups is 1. The maximum absolute atomic E-state index is 10.9. The van der Waals surface area contributed by atoms with E-state index in [2.05, 4.69) is 9.89 Å². The molecule has 0 bridgehead atoms. The molecule has 8 heteroatoms. The number of aromatic carboxylic acids is 1. The van der Waals surface area contributed by atoms with Gasteiger partial charge in [-0.25, -0.2) is 4.79 Å². The van der Waals surface area contributed by atoms with Gasteiger partial charge in [0.15, 0.2) is 0 Å². The fourth-order valence-corrected chi connectivity index (χ4v) is 2.91. The van der Waals surface area contributed by atoms with Crippen molar-refractivity contribution >= 4 is 59.2 Å². The first-order valence-corrected chi connectivity index (χ1v) is 9.11. The van der Waals surface area contributed by atoms with Crippen molar-refractivity contribution in [2.45, 2.75) is 6.92 Å². The number of carbonyl (C=O) groups is 1. The van der Waals surface area contributed by atoms with Crippen LogP contribution in [0, 0.1) is 6.92 Å². The number of phenols is 1. The second-order valence-corrected chi connectivity index (χ2v) is 6.43. The summed E-state index contributed by atoms with van der Waals surface area (Å²) < 4.78 is 0. The van der Waals surface area contributed by atoms with Crippen molar-refractivity contribution in [2.24, 2.45) is 4.99 Å². The van der Waals surface area contributed by atoms with Crippen molar-refractivity contribution in [3.63, 3.8) is 0 Å². The van der Waals surface area contributed by atoms with Gasteiger partial charge in [0, 0.05) is 42.8 Å². The number of hydrogen-bond donors (Lipinski definition) is 2. The average Bonchev–Trinajstić information content (AvgIpc) is 2.60. The van der Waals surface area contributed by atoms with Crippen LogP contribution in [0.2, 0.25) is 0 Å². The molecule has 0 spiro atoms. The highest BCUT2D eigenvalue weighted by molar-refractivity contribution is 6.18. The van der Waals surface area contributed by atoms with Crippen LogP contribution in [0.5, 0.6) is 5.75 Å². The summed E-state index contributed by atoms with van der Waals surface area (Å²) in [4.78, 5) is 17.4. The van der Waals surface area contributed by atoms with E-state index in [-0.39, 0.29) is 23.7 Å². The number of carboxylic acid groups (broad SMARTS) is 1. The molecule has 0 heterocycles. The molecule has 0 aliphatic heterocycles. The highest BCUT2D eigenvalue weighted by atomic mass is 35.5. The summed E-state index contributed by atoms with van der Waals surface area (Å²) in [7, 11) is 0. The van der Waals surface area contributed by atoms with Gasteiger partial charge in [0.05, 0.1) is 5.69 Å². The summed E-state index contributed by atoms with van der Waals surface area (Å²) >= 11 is 11.7. The van der Waals surface area contributed by atoms with Gasteiger partial charge in [0.1, 0.15) is 11.3 Å². The smallest absolute Gasteiger partial charge is 0.339 e. The van der Waals surface area contributed by atoms with E-state index in [0.717, 1.165) is 29.9 Å². The highest BCUT2D eigenvalue weighted by Gasteiger charge is 2.09. The molecule has 0 aliphatic rings. The molecule has 0 saturated carbocycles. The Morgan fingerprint density at radius 1 is 1.15 bits per heavy atom. The third-order valence-corrected chi connectivity index (χ3v) is 4.23. The first-order chi connectivity index (χ1) is 12.5. The molecule has 0 saturated heterocycles. The number of nitrogens with zero attached hydrogens (tertiary/aromatic N) is 2. The molecule has 0 aliphatic carbocycles. The molecule has 0 radical (unpaired) electrons. The average molecular weight is 432 g/mol. The third-order valence-electron chi connectivity index (χ3n) is 3.89. The number of rotatable bonds is 8. The number of anilines is 1. The first-order valence-electron chi connectivity index (χ1n) is 8.04. The Morgan fingerprint density at radius 3 is 2.33 bits per heavy atom. The van der Waals surface area contributed by atoms with E-state index < -0.39 is 5.97 Å². The zero-order chi connectivity index (χ0) is 19.1. The molecule has 0 atom stereocenters. The van der Waals surface area contributed by atoms with Crippen molar-refractivity contribution in [1.29, 1.82) is 0 Å². The van der Waals surface area contributed by atoms with Gasteiger partial charge in [-0.2, -0.15) is 0 Å². The molecular formula is C19H21Cl3N2O3. The zero-order valence-electron chi connectivity index (χ0n) is 14.7. The molecule has 2 rings (SSSR count). The van der Waals surface area contributed by atoms with Crippen molar-refractivity contribution in [1.82, 2.24) is 0 Å².